The van der Waals surface area contributed by atoms with Crippen molar-refractivity contribution in [2.45, 2.75) is 27.1 Å². The number of aryl methyl sites for hydroxylation is 1. The fraction of sp³-hybridized carbons (Fsp3) is 0.312. The molecule has 0 saturated carbocycles. The monoisotopic (exact) mass is 272 g/mol. The number of hydrogen-bond donors (Lipinski definition) is 0. The summed E-state index contributed by atoms with van der Waals surface area (Å²) in [6.45, 7) is 5.43. The summed E-state index contributed by atoms with van der Waals surface area (Å²) in [6, 6.07) is 3.68. The van der Waals surface area contributed by atoms with E-state index in [2.05, 4.69) is 0 Å². The van der Waals surface area contributed by atoms with Crippen LogP contribution in [0.2, 0.25) is 0 Å². The van der Waals surface area contributed by atoms with E-state index in [-0.39, 0.29) is 5.43 Å². The van der Waals surface area contributed by atoms with E-state index in [4.69, 9.17) is 13.9 Å². The smallest absolute Gasteiger partial charge is 0.226 e. The van der Waals surface area contributed by atoms with Gasteiger partial charge in [0.05, 0.1) is 11.1 Å². The molecule has 0 amide bonds. The summed E-state index contributed by atoms with van der Waals surface area (Å²) in [5.41, 5.74) is 2.91. The van der Waals surface area contributed by atoms with Gasteiger partial charge in [-0.15, -0.1) is 0 Å². The standard InChI is InChI=1S/C16H16O4/c1-8-7-12-11(16(18-4)19-8)5-6-13-14(12)15(17)9(2)10(3)20-13/h5-7,16H,1-4H3/t16-/m0/s1. The minimum absolute atomic E-state index is 0.00130. The first-order chi connectivity index (χ1) is 9.52. The number of benzene rings is 1. The van der Waals surface area contributed by atoms with Gasteiger partial charge in [-0.25, -0.2) is 0 Å². The lowest BCUT2D eigenvalue weighted by molar-refractivity contribution is -0.0984. The van der Waals surface area contributed by atoms with Gasteiger partial charge in [-0.05, 0) is 39.0 Å². The Kier molecular flexibility index (Phi) is 2.91. The van der Waals surface area contributed by atoms with Crippen LogP contribution in [0.5, 0.6) is 0 Å². The van der Waals surface area contributed by atoms with Crippen molar-refractivity contribution in [2.75, 3.05) is 7.11 Å². The van der Waals surface area contributed by atoms with Gasteiger partial charge >= 0.3 is 0 Å². The summed E-state index contributed by atoms with van der Waals surface area (Å²) in [6.07, 6.45) is 1.37. The summed E-state index contributed by atoms with van der Waals surface area (Å²) in [7, 11) is 1.58. The van der Waals surface area contributed by atoms with Crippen molar-refractivity contribution >= 4 is 17.0 Å². The molecule has 0 spiro atoms. The molecule has 0 radical (unpaired) electrons. The highest BCUT2D eigenvalue weighted by Gasteiger charge is 2.24. The second-order valence-corrected chi connectivity index (χ2v) is 4.99. The zero-order chi connectivity index (χ0) is 14.4. The highest BCUT2D eigenvalue weighted by atomic mass is 16.7. The van der Waals surface area contributed by atoms with E-state index >= 15 is 0 Å². The maximum atomic E-state index is 12.6. The molecule has 20 heavy (non-hydrogen) atoms. The molecule has 0 unspecified atom stereocenters. The number of ether oxygens (including phenoxy) is 2. The molecule has 1 aliphatic rings. The first-order valence-electron chi connectivity index (χ1n) is 6.47. The van der Waals surface area contributed by atoms with Crippen LogP contribution >= 0.6 is 0 Å². The second kappa shape index (κ2) is 4.49. The SMILES string of the molecule is CO[C@H]1OC(C)=Cc2c1ccc1oc(C)c(C)c(=O)c21. The minimum atomic E-state index is -0.486. The van der Waals surface area contributed by atoms with Gasteiger partial charge in [0.25, 0.3) is 0 Å². The van der Waals surface area contributed by atoms with Gasteiger partial charge in [0.2, 0.25) is 6.29 Å². The summed E-state index contributed by atoms with van der Waals surface area (Å²) < 4.78 is 16.7. The average Bonchev–Trinajstić information content (AvgIpc) is 2.43. The molecule has 3 rings (SSSR count). The van der Waals surface area contributed by atoms with E-state index < -0.39 is 6.29 Å². The molecule has 0 aliphatic carbocycles. The van der Waals surface area contributed by atoms with Gasteiger partial charge in [-0.1, -0.05) is 0 Å². The first kappa shape index (κ1) is 12.9. The van der Waals surface area contributed by atoms with Gasteiger partial charge in [-0.3, -0.25) is 4.79 Å². The number of hydrogen-bond acceptors (Lipinski definition) is 4. The maximum Gasteiger partial charge on any atom is 0.226 e. The van der Waals surface area contributed by atoms with E-state index in [9.17, 15) is 4.79 Å². The third-order valence-corrected chi connectivity index (χ3v) is 3.71. The number of methoxy groups -OCH3 is 1. The lowest BCUT2D eigenvalue weighted by Gasteiger charge is -2.25. The van der Waals surface area contributed by atoms with E-state index in [0.29, 0.717) is 22.3 Å². The van der Waals surface area contributed by atoms with Gasteiger partial charge < -0.3 is 13.9 Å². The van der Waals surface area contributed by atoms with Crippen LogP contribution in [0.3, 0.4) is 0 Å². The highest BCUT2D eigenvalue weighted by molar-refractivity contribution is 5.89. The average molecular weight is 272 g/mol. The molecule has 0 N–H and O–H groups in total. The Bertz CT molecular complexity index is 783. The molecule has 4 heteroatoms. The summed E-state index contributed by atoms with van der Waals surface area (Å²) >= 11 is 0. The molecular formula is C16H16O4. The number of allylic oxidation sites excluding steroid dienone is 1. The molecule has 4 nitrogen and oxygen atoms in total. The summed E-state index contributed by atoms with van der Waals surface area (Å²) in [5, 5.41) is 0.593. The summed E-state index contributed by atoms with van der Waals surface area (Å²) in [4.78, 5) is 12.6. The third-order valence-electron chi connectivity index (χ3n) is 3.71. The van der Waals surface area contributed by atoms with Crippen LogP contribution in [0.25, 0.3) is 17.0 Å². The number of fused-ring (bicyclic) bond motifs is 3. The van der Waals surface area contributed by atoms with Crippen LogP contribution in [-0.2, 0) is 9.47 Å². The van der Waals surface area contributed by atoms with Crippen molar-refractivity contribution in [2.24, 2.45) is 0 Å². The molecule has 2 heterocycles. The molecule has 104 valence electrons. The Morgan fingerprint density at radius 1 is 1.20 bits per heavy atom. The van der Waals surface area contributed by atoms with Crippen LogP contribution in [0.4, 0.5) is 0 Å². The van der Waals surface area contributed by atoms with Crippen molar-refractivity contribution in [1.82, 2.24) is 0 Å². The van der Waals surface area contributed by atoms with E-state index in [1.54, 1.807) is 27.0 Å². The van der Waals surface area contributed by atoms with Crippen molar-refractivity contribution in [3.05, 3.63) is 50.6 Å². The van der Waals surface area contributed by atoms with Gasteiger partial charge in [0, 0.05) is 23.8 Å². The molecule has 0 saturated heterocycles. The Hall–Kier alpha value is -2.07. The van der Waals surface area contributed by atoms with Crippen LogP contribution < -0.4 is 5.43 Å². The minimum Gasteiger partial charge on any atom is -0.465 e. The third kappa shape index (κ3) is 1.76. The largest absolute Gasteiger partial charge is 0.465 e. The van der Waals surface area contributed by atoms with Crippen molar-refractivity contribution in [1.29, 1.82) is 0 Å². The second-order valence-electron chi connectivity index (χ2n) is 4.99. The maximum absolute atomic E-state index is 12.6. The predicted octanol–water partition coefficient (Wildman–Crippen LogP) is 3.45. The Morgan fingerprint density at radius 3 is 2.65 bits per heavy atom. The molecular weight excluding hydrogens is 256 g/mol. The highest BCUT2D eigenvalue weighted by Crippen LogP contribution is 2.35. The molecule has 1 aliphatic heterocycles. The predicted molar refractivity (Wildman–Crippen MR) is 76.4 cm³/mol. The lowest BCUT2D eigenvalue weighted by Crippen LogP contribution is -2.15. The Balaban J connectivity index is 2.45. The van der Waals surface area contributed by atoms with E-state index in [0.717, 1.165) is 16.9 Å². The Labute approximate surface area is 116 Å². The fourth-order valence-electron chi connectivity index (χ4n) is 2.53. The summed E-state index contributed by atoms with van der Waals surface area (Å²) in [5.74, 6) is 1.37. The van der Waals surface area contributed by atoms with E-state index in [1.807, 2.05) is 19.1 Å². The van der Waals surface area contributed by atoms with Gasteiger partial charge in [0.1, 0.15) is 11.3 Å². The molecule has 0 bridgehead atoms. The van der Waals surface area contributed by atoms with Crippen molar-refractivity contribution in [3.8, 4) is 0 Å². The molecule has 0 fully saturated rings. The number of rotatable bonds is 1. The Morgan fingerprint density at radius 2 is 1.95 bits per heavy atom. The van der Waals surface area contributed by atoms with E-state index in [1.165, 1.54) is 0 Å². The molecule has 2 aromatic rings. The van der Waals surface area contributed by atoms with Crippen LogP contribution in [0.15, 0.2) is 27.1 Å². The molecule has 1 aromatic heterocycles. The molecule has 1 atom stereocenters. The fourth-order valence-corrected chi connectivity index (χ4v) is 2.53. The van der Waals surface area contributed by atoms with Gasteiger partial charge in [0.15, 0.2) is 5.43 Å². The zero-order valence-corrected chi connectivity index (χ0v) is 11.9. The van der Waals surface area contributed by atoms with Crippen molar-refractivity contribution in [3.63, 3.8) is 0 Å². The topological polar surface area (TPSA) is 48.7 Å². The normalized spacial score (nSPS) is 17.6. The molecule has 1 aromatic carbocycles. The quantitative estimate of drug-likeness (QED) is 0.797. The van der Waals surface area contributed by atoms with Crippen molar-refractivity contribution < 1.29 is 13.9 Å². The first-order valence-corrected chi connectivity index (χ1v) is 6.47. The van der Waals surface area contributed by atoms with Crippen LogP contribution in [0, 0.1) is 13.8 Å². The lowest BCUT2D eigenvalue weighted by atomic mass is 9.98. The van der Waals surface area contributed by atoms with Crippen LogP contribution in [0.1, 0.15) is 35.7 Å². The van der Waals surface area contributed by atoms with Crippen LogP contribution in [-0.4, -0.2) is 7.11 Å². The zero-order valence-electron chi connectivity index (χ0n) is 11.9. The van der Waals surface area contributed by atoms with Gasteiger partial charge in [-0.2, -0.15) is 0 Å².